The Morgan fingerprint density at radius 3 is 1.27 bits per heavy atom. The standard InChI is InChI=1S/C60H103NO5/c1-4-7-10-13-16-19-22-25-28-30-32-35-38-41-44-47-50-53-60(65)66-56(51-48-45-42-39-36-33-27-24-21-18-15-12-9-6-3)54-59(64)61-57(55-62)58(63)52-49-46-43-40-37-34-31-29-26-23-20-17-14-11-8-5-2/h9,12,16,18-19,21,25,27-28,32-33,35,39,41-42,44,56-58,62-63H,4-8,10-11,13-15,17,20,22-24,26,29-31,34,36-38,40,43,45-55H2,1-3H3,(H,61,64)/b12-9+,19-16-,21-18+,28-25-,33-27+,35-32-,42-39+,44-41-. The van der Waals surface area contributed by atoms with Crippen LogP contribution in [0.3, 0.4) is 0 Å². The quantitative estimate of drug-likeness (QED) is 0.0321. The van der Waals surface area contributed by atoms with Crippen molar-refractivity contribution in [3.8, 4) is 0 Å². The first-order valence-corrected chi connectivity index (χ1v) is 27.5. The Morgan fingerprint density at radius 1 is 0.455 bits per heavy atom. The summed E-state index contributed by atoms with van der Waals surface area (Å²) in [5, 5.41) is 23.8. The zero-order valence-corrected chi connectivity index (χ0v) is 43.0. The highest BCUT2D eigenvalue weighted by Crippen LogP contribution is 2.17. The lowest BCUT2D eigenvalue weighted by molar-refractivity contribution is -0.151. The molecule has 3 N–H and O–H groups in total. The Balaban J connectivity index is 4.71. The summed E-state index contributed by atoms with van der Waals surface area (Å²) < 4.78 is 5.89. The number of esters is 1. The molecule has 0 aromatic heterocycles. The largest absolute Gasteiger partial charge is 0.462 e. The summed E-state index contributed by atoms with van der Waals surface area (Å²) in [4.78, 5) is 26.2. The smallest absolute Gasteiger partial charge is 0.306 e. The fourth-order valence-corrected chi connectivity index (χ4v) is 7.77. The third-order valence-corrected chi connectivity index (χ3v) is 11.9. The van der Waals surface area contributed by atoms with Crippen LogP contribution in [0.5, 0.6) is 0 Å². The Labute approximate surface area is 407 Å². The number of aliphatic hydroxyl groups excluding tert-OH is 2. The third kappa shape index (κ3) is 47.3. The second-order valence-corrected chi connectivity index (χ2v) is 18.2. The number of aliphatic hydroxyl groups is 2. The van der Waals surface area contributed by atoms with Gasteiger partial charge >= 0.3 is 5.97 Å². The molecule has 0 radical (unpaired) electrons. The van der Waals surface area contributed by atoms with E-state index >= 15 is 0 Å². The minimum atomic E-state index is -0.817. The number of ether oxygens (including phenoxy) is 1. The fourth-order valence-electron chi connectivity index (χ4n) is 7.77. The van der Waals surface area contributed by atoms with E-state index in [9.17, 15) is 19.8 Å². The van der Waals surface area contributed by atoms with Gasteiger partial charge in [0.15, 0.2) is 0 Å². The first-order valence-electron chi connectivity index (χ1n) is 27.5. The molecule has 0 aromatic carbocycles. The summed E-state index contributed by atoms with van der Waals surface area (Å²) in [7, 11) is 0. The molecule has 0 rings (SSSR count). The van der Waals surface area contributed by atoms with Crippen LogP contribution in [0.15, 0.2) is 97.2 Å². The van der Waals surface area contributed by atoms with Crippen LogP contribution in [-0.2, 0) is 14.3 Å². The first-order chi connectivity index (χ1) is 32.5. The minimum Gasteiger partial charge on any atom is -0.462 e. The van der Waals surface area contributed by atoms with Crippen LogP contribution in [0, 0.1) is 0 Å². The van der Waals surface area contributed by atoms with Crippen LogP contribution in [0.4, 0.5) is 0 Å². The van der Waals surface area contributed by atoms with Gasteiger partial charge in [-0.05, 0) is 96.3 Å². The van der Waals surface area contributed by atoms with E-state index in [0.717, 1.165) is 83.5 Å². The van der Waals surface area contributed by atoms with E-state index in [-0.39, 0.29) is 24.9 Å². The van der Waals surface area contributed by atoms with Gasteiger partial charge in [-0.2, -0.15) is 0 Å². The van der Waals surface area contributed by atoms with Crippen LogP contribution in [-0.4, -0.2) is 46.9 Å². The van der Waals surface area contributed by atoms with Crippen LogP contribution in [0.1, 0.15) is 245 Å². The van der Waals surface area contributed by atoms with E-state index in [0.29, 0.717) is 25.7 Å². The SMILES string of the molecule is CC/C=C/C/C=C/C/C=C/C/C=C/CCCC(CC(=O)NC(CO)C(O)CCCCCCCCCCCCCCCCCC)OC(=O)CCC/C=C\C/C=C\C/C=C\C/C=C\CCCCC. The Kier molecular flexibility index (Phi) is 50.2. The van der Waals surface area contributed by atoms with Gasteiger partial charge in [-0.15, -0.1) is 0 Å². The van der Waals surface area contributed by atoms with Crippen LogP contribution >= 0.6 is 0 Å². The number of carbonyl (C=O) groups excluding carboxylic acids is 2. The van der Waals surface area contributed by atoms with Crippen LogP contribution in [0.25, 0.3) is 0 Å². The summed E-state index contributed by atoms with van der Waals surface area (Å²) in [5.74, 6) is -0.600. The number of amides is 1. The molecule has 378 valence electrons. The lowest BCUT2D eigenvalue weighted by Crippen LogP contribution is -2.46. The first kappa shape index (κ1) is 62.8. The van der Waals surface area contributed by atoms with E-state index in [1.807, 2.05) is 0 Å². The summed E-state index contributed by atoms with van der Waals surface area (Å²) in [6.45, 7) is 6.32. The molecule has 6 nitrogen and oxygen atoms in total. The summed E-state index contributed by atoms with van der Waals surface area (Å²) in [6, 6.07) is -0.736. The zero-order chi connectivity index (χ0) is 48.1. The average molecular weight is 918 g/mol. The van der Waals surface area contributed by atoms with E-state index in [2.05, 4.69) is 123 Å². The van der Waals surface area contributed by atoms with Crippen molar-refractivity contribution < 1.29 is 24.5 Å². The monoisotopic (exact) mass is 918 g/mol. The van der Waals surface area contributed by atoms with Crippen LogP contribution in [0.2, 0.25) is 0 Å². The van der Waals surface area contributed by atoms with E-state index in [1.165, 1.54) is 109 Å². The lowest BCUT2D eigenvalue weighted by atomic mass is 10.0. The number of hydrogen-bond donors (Lipinski definition) is 3. The summed E-state index contributed by atoms with van der Waals surface area (Å²) >= 11 is 0. The predicted octanol–water partition coefficient (Wildman–Crippen LogP) is 16.9. The van der Waals surface area contributed by atoms with Crippen molar-refractivity contribution in [1.82, 2.24) is 5.32 Å². The van der Waals surface area contributed by atoms with Gasteiger partial charge in [0.25, 0.3) is 0 Å². The number of unbranched alkanes of at least 4 members (excludes halogenated alkanes) is 20. The molecule has 0 fully saturated rings. The molecule has 6 heteroatoms. The molecule has 3 atom stereocenters. The van der Waals surface area contributed by atoms with Gasteiger partial charge in [0.2, 0.25) is 5.91 Å². The number of carbonyl (C=O) groups is 2. The molecule has 0 aromatic rings. The second kappa shape index (κ2) is 52.7. The van der Waals surface area contributed by atoms with Gasteiger partial charge in [-0.25, -0.2) is 0 Å². The number of hydrogen-bond acceptors (Lipinski definition) is 5. The zero-order valence-electron chi connectivity index (χ0n) is 43.0. The van der Waals surface area contributed by atoms with Crippen molar-refractivity contribution in [1.29, 1.82) is 0 Å². The van der Waals surface area contributed by atoms with Gasteiger partial charge < -0.3 is 20.3 Å². The number of allylic oxidation sites excluding steroid dienone is 16. The molecule has 0 aliphatic carbocycles. The molecule has 1 amide bonds. The number of rotatable bonds is 48. The highest BCUT2D eigenvalue weighted by molar-refractivity contribution is 5.77. The van der Waals surface area contributed by atoms with Crippen molar-refractivity contribution >= 4 is 11.9 Å². The summed E-state index contributed by atoms with van der Waals surface area (Å²) in [5.41, 5.74) is 0. The molecule has 0 heterocycles. The highest BCUT2D eigenvalue weighted by Gasteiger charge is 2.24. The highest BCUT2D eigenvalue weighted by atomic mass is 16.5. The average Bonchev–Trinajstić information content (AvgIpc) is 3.31. The van der Waals surface area contributed by atoms with Gasteiger partial charge in [-0.1, -0.05) is 234 Å². The Morgan fingerprint density at radius 2 is 0.833 bits per heavy atom. The van der Waals surface area contributed by atoms with Crippen LogP contribution < -0.4 is 5.32 Å². The van der Waals surface area contributed by atoms with Crippen molar-refractivity contribution in [2.24, 2.45) is 0 Å². The molecular weight excluding hydrogens is 815 g/mol. The topological polar surface area (TPSA) is 95.9 Å². The maximum Gasteiger partial charge on any atom is 0.306 e. The van der Waals surface area contributed by atoms with Crippen molar-refractivity contribution in [2.75, 3.05) is 6.61 Å². The van der Waals surface area contributed by atoms with Gasteiger partial charge in [0.05, 0.1) is 25.2 Å². The normalized spacial score (nSPS) is 14.0. The van der Waals surface area contributed by atoms with Crippen molar-refractivity contribution in [3.05, 3.63) is 97.2 Å². The van der Waals surface area contributed by atoms with Crippen molar-refractivity contribution in [2.45, 2.75) is 264 Å². The lowest BCUT2D eigenvalue weighted by Gasteiger charge is -2.24. The minimum absolute atomic E-state index is 0.0133. The fraction of sp³-hybridized carbons (Fsp3) is 0.700. The number of nitrogens with one attached hydrogen (secondary N) is 1. The third-order valence-electron chi connectivity index (χ3n) is 11.9. The van der Waals surface area contributed by atoms with E-state index < -0.39 is 18.2 Å². The molecule has 3 unspecified atom stereocenters. The maximum absolute atomic E-state index is 13.2. The molecule has 66 heavy (non-hydrogen) atoms. The predicted molar refractivity (Wildman–Crippen MR) is 287 cm³/mol. The second-order valence-electron chi connectivity index (χ2n) is 18.2. The Bertz CT molecular complexity index is 1310. The molecule has 0 saturated carbocycles. The van der Waals surface area contributed by atoms with Gasteiger partial charge in [-0.3, -0.25) is 9.59 Å². The summed E-state index contributed by atoms with van der Waals surface area (Å²) in [6.07, 6.45) is 70.5. The molecule has 0 aliphatic heterocycles. The van der Waals surface area contributed by atoms with E-state index in [4.69, 9.17) is 4.74 Å². The van der Waals surface area contributed by atoms with E-state index in [1.54, 1.807) is 0 Å². The van der Waals surface area contributed by atoms with Gasteiger partial charge in [0.1, 0.15) is 6.10 Å². The Hall–Kier alpha value is -3.22. The molecule has 0 saturated heterocycles. The molecule has 0 bridgehead atoms. The van der Waals surface area contributed by atoms with Gasteiger partial charge in [0, 0.05) is 6.42 Å². The maximum atomic E-state index is 13.2. The molecular formula is C60H103NO5. The molecule has 0 spiro atoms. The molecule has 0 aliphatic rings. The van der Waals surface area contributed by atoms with Crippen molar-refractivity contribution in [3.63, 3.8) is 0 Å².